The zero-order valence-corrected chi connectivity index (χ0v) is 15.2. The summed E-state index contributed by atoms with van der Waals surface area (Å²) in [5, 5.41) is 11.0. The molecule has 1 aromatic carbocycles. The highest BCUT2D eigenvalue weighted by Crippen LogP contribution is 2.20. The fourth-order valence-corrected chi connectivity index (χ4v) is 3.18. The average molecular weight is 341 g/mol. The summed E-state index contributed by atoms with van der Waals surface area (Å²) in [6.45, 7) is 5.27. The van der Waals surface area contributed by atoms with Gasteiger partial charge in [0.25, 0.3) is 0 Å². The lowest BCUT2D eigenvalue weighted by Crippen LogP contribution is -2.45. The van der Waals surface area contributed by atoms with Crippen LogP contribution in [-0.4, -0.2) is 67.4 Å². The molecule has 23 heavy (non-hydrogen) atoms. The summed E-state index contributed by atoms with van der Waals surface area (Å²) in [6.07, 6.45) is 1.83. The van der Waals surface area contributed by atoms with E-state index in [9.17, 15) is 5.11 Å². The molecule has 0 amide bonds. The maximum Gasteiger partial charge on any atom is 0.0900 e. The van der Waals surface area contributed by atoms with Crippen LogP contribution in [0.3, 0.4) is 0 Å². The quantitative estimate of drug-likeness (QED) is 0.828. The van der Waals surface area contributed by atoms with Gasteiger partial charge in [-0.3, -0.25) is 0 Å². The van der Waals surface area contributed by atoms with Crippen LogP contribution in [0.1, 0.15) is 31.4 Å². The van der Waals surface area contributed by atoms with Crippen molar-refractivity contribution in [1.29, 1.82) is 0 Å². The molecule has 0 unspecified atom stereocenters. The lowest BCUT2D eigenvalue weighted by Gasteiger charge is -2.36. The van der Waals surface area contributed by atoms with E-state index in [2.05, 4.69) is 23.9 Å². The van der Waals surface area contributed by atoms with Crippen molar-refractivity contribution in [1.82, 2.24) is 9.80 Å². The summed E-state index contributed by atoms with van der Waals surface area (Å²) in [4.78, 5) is 4.63. The molecule has 1 fully saturated rings. The van der Waals surface area contributed by atoms with E-state index in [1.54, 1.807) is 0 Å². The lowest BCUT2D eigenvalue weighted by molar-refractivity contribution is -0.0201. The number of benzene rings is 1. The van der Waals surface area contributed by atoms with Crippen LogP contribution in [0, 0.1) is 0 Å². The Morgan fingerprint density at radius 1 is 1.30 bits per heavy atom. The molecule has 0 radical (unpaired) electrons. The standard InChI is InChI=1S/C18H29ClN2O2/c1-14(15-4-6-16(19)7-5-15)23-13-18(22)12-21(3)17-8-10-20(2)11-9-17/h4-7,14,17-18,22H,8-13H2,1-3H3/t14-,18+/m0/s1. The number of hydrogen-bond acceptors (Lipinski definition) is 4. The number of ether oxygens (including phenoxy) is 1. The molecule has 0 aromatic heterocycles. The van der Waals surface area contributed by atoms with Crippen molar-refractivity contribution in [3.8, 4) is 0 Å². The summed E-state index contributed by atoms with van der Waals surface area (Å²) >= 11 is 5.89. The SMILES string of the molecule is C[C@H](OC[C@H](O)CN(C)C1CCN(C)CC1)c1ccc(Cl)cc1. The molecule has 1 N–H and O–H groups in total. The minimum Gasteiger partial charge on any atom is -0.389 e. The lowest BCUT2D eigenvalue weighted by atomic mass is 10.0. The topological polar surface area (TPSA) is 35.9 Å². The summed E-state index contributed by atoms with van der Waals surface area (Å²) in [5.41, 5.74) is 1.07. The molecule has 1 aliphatic rings. The zero-order valence-electron chi connectivity index (χ0n) is 14.4. The smallest absolute Gasteiger partial charge is 0.0900 e. The van der Waals surface area contributed by atoms with Crippen LogP contribution in [0.4, 0.5) is 0 Å². The van der Waals surface area contributed by atoms with Crippen molar-refractivity contribution in [3.05, 3.63) is 34.9 Å². The van der Waals surface area contributed by atoms with Gasteiger partial charge in [-0.25, -0.2) is 0 Å². The van der Waals surface area contributed by atoms with Gasteiger partial charge >= 0.3 is 0 Å². The van der Waals surface area contributed by atoms with Crippen LogP contribution in [0.15, 0.2) is 24.3 Å². The van der Waals surface area contributed by atoms with Gasteiger partial charge in [-0.15, -0.1) is 0 Å². The molecule has 1 aromatic rings. The molecule has 1 aliphatic heterocycles. The Morgan fingerprint density at radius 3 is 2.52 bits per heavy atom. The fourth-order valence-electron chi connectivity index (χ4n) is 3.06. The van der Waals surface area contributed by atoms with Gasteiger partial charge in [-0.1, -0.05) is 23.7 Å². The van der Waals surface area contributed by atoms with Crippen LogP contribution < -0.4 is 0 Å². The van der Waals surface area contributed by atoms with E-state index in [-0.39, 0.29) is 6.10 Å². The minimum atomic E-state index is -0.464. The molecule has 1 saturated heterocycles. The molecule has 0 bridgehead atoms. The first-order chi connectivity index (χ1) is 11.0. The van der Waals surface area contributed by atoms with Gasteiger partial charge in [-0.05, 0) is 64.6 Å². The van der Waals surface area contributed by atoms with Crippen LogP contribution >= 0.6 is 11.6 Å². The molecule has 2 atom stereocenters. The summed E-state index contributed by atoms with van der Waals surface area (Å²) in [5.74, 6) is 0. The Balaban J connectivity index is 1.71. The maximum atomic E-state index is 10.2. The summed E-state index contributed by atoms with van der Waals surface area (Å²) < 4.78 is 5.81. The monoisotopic (exact) mass is 340 g/mol. The third-order valence-electron chi connectivity index (χ3n) is 4.69. The van der Waals surface area contributed by atoms with Gasteiger partial charge in [0.15, 0.2) is 0 Å². The number of aliphatic hydroxyl groups excluding tert-OH is 1. The second kappa shape index (κ2) is 9.00. The second-order valence-electron chi connectivity index (χ2n) is 6.65. The highest BCUT2D eigenvalue weighted by atomic mass is 35.5. The predicted molar refractivity (Wildman–Crippen MR) is 95.0 cm³/mol. The van der Waals surface area contributed by atoms with E-state index in [1.165, 1.54) is 12.8 Å². The molecule has 0 spiro atoms. The number of hydrogen-bond donors (Lipinski definition) is 1. The number of likely N-dealkylation sites (tertiary alicyclic amines) is 1. The molecule has 130 valence electrons. The number of rotatable bonds is 7. The Labute approximate surface area is 145 Å². The molecule has 4 nitrogen and oxygen atoms in total. The van der Waals surface area contributed by atoms with E-state index in [4.69, 9.17) is 16.3 Å². The first kappa shape index (κ1) is 18.7. The molecular weight excluding hydrogens is 312 g/mol. The second-order valence-corrected chi connectivity index (χ2v) is 7.09. The molecule has 0 aliphatic carbocycles. The van der Waals surface area contributed by atoms with Crippen molar-refractivity contribution in [2.24, 2.45) is 0 Å². The van der Waals surface area contributed by atoms with Crippen LogP contribution in [0.2, 0.25) is 5.02 Å². The number of halogens is 1. The first-order valence-electron chi connectivity index (χ1n) is 8.39. The van der Waals surface area contributed by atoms with Crippen molar-refractivity contribution < 1.29 is 9.84 Å². The van der Waals surface area contributed by atoms with E-state index in [0.717, 1.165) is 23.7 Å². The predicted octanol–water partition coefficient (Wildman–Crippen LogP) is 2.80. The van der Waals surface area contributed by atoms with Crippen LogP contribution in [0.25, 0.3) is 0 Å². The first-order valence-corrected chi connectivity index (χ1v) is 8.77. The van der Waals surface area contributed by atoms with Gasteiger partial charge < -0.3 is 19.6 Å². The highest BCUT2D eigenvalue weighted by molar-refractivity contribution is 6.30. The van der Waals surface area contributed by atoms with E-state index < -0.39 is 6.10 Å². The van der Waals surface area contributed by atoms with Crippen molar-refractivity contribution >= 4 is 11.6 Å². The number of nitrogens with zero attached hydrogens (tertiary/aromatic N) is 2. The Hall–Kier alpha value is -0.650. The molecular formula is C18H29ClN2O2. The Kier molecular flexibility index (Phi) is 7.31. The summed E-state index contributed by atoms with van der Waals surface area (Å²) in [7, 11) is 4.26. The van der Waals surface area contributed by atoms with Crippen molar-refractivity contribution in [2.45, 2.75) is 38.0 Å². The number of likely N-dealkylation sites (N-methyl/N-ethyl adjacent to an activating group) is 1. The molecule has 2 rings (SSSR count). The molecule has 5 heteroatoms. The van der Waals surface area contributed by atoms with Gasteiger partial charge in [0.1, 0.15) is 0 Å². The number of piperidine rings is 1. The number of aliphatic hydroxyl groups is 1. The Bertz CT molecular complexity index is 461. The minimum absolute atomic E-state index is 0.0458. The molecule has 1 heterocycles. The van der Waals surface area contributed by atoms with Gasteiger partial charge in [0, 0.05) is 17.6 Å². The van der Waals surface area contributed by atoms with Gasteiger partial charge in [-0.2, -0.15) is 0 Å². The van der Waals surface area contributed by atoms with Crippen molar-refractivity contribution in [3.63, 3.8) is 0 Å². The normalized spacial score (nSPS) is 19.9. The highest BCUT2D eigenvalue weighted by Gasteiger charge is 2.22. The van der Waals surface area contributed by atoms with Crippen LogP contribution in [-0.2, 0) is 4.74 Å². The summed E-state index contributed by atoms with van der Waals surface area (Å²) in [6, 6.07) is 8.21. The van der Waals surface area contributed by atoms with Gasteiger partial charge in [0.2, 0.25) is 0 Å². The van der Waals surface area contributed by atoms with E-state index >= 15 is 0 Å². The fraction of sp³-hybridized carbons (Fsp3) is 0.667. The zero-order chi connectivity index (χ0) is 16.8. The van der Waals surface area contributed by atoms with Crippen LogP contribution in [0.5, 0.6) is 0 Å². The van der Waals surface area contributed by atoms with Gasteiger partial charge in [0.05, 0.1) is 18.8 Å². The van der Waals surface area contributed by atoms with E-state index in [0.29, 0.717) is 19.2 Å². The molecule has 0 saturated carbocycles. The Morgan fingerprint density at radius 2 is 1.91 bits per heavy atom. The largest absolute Gasteiger partial charge is 0.389 e. The average Bonchev–Trinajstić information content (AvgIpc) is 2.54. The third kappa shape index (κ3) is 6.05. The van der Waals surface area contributed by atoms with Crippen molar-refractivity contribution in [2.75, 3.05) is 40.3 Å². The van der Waals surface area contributed by atoms with E-state index in [1.807, 2.05) is 31.2 Å². The maximum absolute atomic E-state index is 10.2. The third-order valence-corrected chi connectivity index (χ3v) is 4.94.